The fraction of sp³-hybridized carbons (Fsp3) is 0. The zero-order chi connectivity index (χ0) is 15.0. The molecular formula is C13H7BrF2N4O. The van der Waals surface area contributed by atoms with Gasteiger partial charge in [-0.2, -0.15) is 4.98 Å². The Labute approximate surface area is 125 Å². The molecule has 2 N–H and O–H groups in total. The molecule has 0 bridgehead atoms. The number of rotatable bonds is 2. The summed E-state index contributed by atoms with van der Waals surface area (Å²) in [7, 11) is 0. The molecule has 8 heteroatoms. The zero-order valence-electron chi connectivity index (χ0n) is 10.3. The molecule has 0 saturated carbocycles. The molecule has 2 heterocycles. The number of benzene rings is 1. The Morgan fingerprint density at radius 1 is 1.10 bits per heavy atom. The normalized spacial score (nSPS) is 10.8. The first kappa shape index (κ1) is 13.6. The fourth-order valence-electron chi connectivity index (χ4n) is 1.71. The predicted molar refractivity (Wildman–Crippen MR) is 75.0 cm³/mol. The maximum atomic E-state index is 13.7. The molecule has 106 valence electrons. The van der Waals surface area contributed by atoms with Crippen molar-refractivity contribution in [3.63, 3.8) is 0 Å². The molecule has 5 nitrogen and oxygen atoms in total. The molecule has 0 amide bonds. The predicted octanol–water partition coefficient (Wildman–Crippen LogP) is 3.42. The van der Waals surface area contributed by atoms with E-state index in [0.29, 0.717) is 11.6 Å². The van der Waals surface area contributed by atoms with Crippen LogP contribution in [0.5, 0.6) is 0 Å². The lowest BCUT2D eigenvalue weighted by molar-refractivity contribution is 0.429. The van der Waals surface area contributed by atoms with Crippen LogP contribution in [0.1, 0.15) is 0 Å². The van der Waals surface area contributed by atoms with Gasteiger partial charge in [0, 0.05) is 28.5 Å². The molecule has 0 spiro atoms. The second-order valence-corrected chi connectivity index (χ2v) is 5.08. The van der Waals surface area contributed by atoms with Crippen LogP contribution in [0.2, 0.25) is 0 Å². The van der Waals surface area contributed by atoms with E-state index in [-0.39, 0.29) is 23.0 Å². The highest BCUT2D eigenvalue weighted by molar-refractivity contribution is 9.10. The lowest BCUT2D eigenvalue weighted by Gasteiger charge is -2.00. The van der Waals surface area contributed by atoms with Gasteiger partial charge in [-0.05, 0) is 28.1 Å². The average Bonchev–Trinajstić information content (AvgIpc) is 2.92. The van der Waals surface area contributed by atoms with E-state index >= 15 is 0 Å². The van der Waals surface area contributed by atoms with Crippen molar-refractivity contribution >= 4 is 21.6 Å². The minimum absolute atomic E-state index is 0.0596. The van der Waals surface area contributed by atoms with Crippen molar-refractivity contribution in [1.29, 1.82) is 0 Å². The third kappa shape index (κ3) is 2.62. The smallest absolute Gasteiger partial charge is 0.261 e. The first-order valence-corrected chi connectivity index (χ1v) is 6.53. The summed E-state index contributed by atoms with van der Waals surface area (Å²) in [5, 5.41) is 3.75. The molecule has 1 aromatic carbocycles. The van der Waals surface area contributed by atoms with Crippen molar-refractivity contribution < 1.29 is 13.3 Å². The van der Waals surface area contributed by atoms with Gasteiger partial charge in [-0.1, -0.05) is 5.16 Å². The van der Waals surface area contributed by atoms with Crippen LogP contribution in [-0.4, -0.2) is 15.1 Å². The van der Waals surface area contributed by atoms with Crippen LogP contribution in [0.25, 0.3) is 22.8 Å². The van der Waals surface area contributed by atoms with Crippen molar-refractivity contribution in [2.24, 2.45) is 0 Å². The third-order valence-electron chi connectivity index (χ3n) is 2.71. The number of aromatic nitrogens is 3. The molecule has 3 aromatic rings. The van der Waals surface area contributed by atoms with E-state index < -0.39 is 11.6 Å². The van der Waals surface area contributed by atoms with Crippen molar-refractivity contribution in [3.8, 4) is 22.8 Å². The summed E-state index contributed by atoms with van der Waals surface area (Å²) in [4.78, 5) is 8.04. The van der Waals surface area contributed by atoms with E-state index in [9.17, 15) is 8.78 Å². The van der Waals surface area contributed by atoms with E-state index in [0.717, 1.165) is 10.5 Å². The first-order valence-electron chi connectivity index (χ1n) is 5.74. The van der Waals surface area contributed by atoms with Gasteiger partial charge in [0.05, 0.1) is 11.3 Å². The molecular weight excluding hydrogens is 346 g/mol. The Kier molecular flexibility index (Phi) is 3.38. The summed E-state index contributed by atoms with van der Waals surface area (Å²) in [6.45, 7) is 0. The van der Waals surface area contributed by atoms with Gasteiger partial charge in [0.25, 0.3) is 5.89 Å². The second-order valence-electron chi connectivity index (χ2n) is 4.17. The van der Waals surface area contributed by atoms with Gasteiger partial charge in [0.15, 0.2) is 0 Å². The van der Waals surface area contributed by atoms with Crippen LogP contribution in [0, 0.1) is 11.6 Å². The SMILES string of the molecule is Nc1cc(-c2nc(-c3cncc(Br)c3)no2)c(F)cc1F. The molecule has 0 aliphatic heterocycles. The van der Waals surface area contributed by atoms with Gasteiger partial charge < -0.3 is 10.3 Å². The quantitative estimate of drug-likeness (QED) is 0.715. The summed E-state index contributed by atoms with van der Waals surface area (Å²) in [6.07, 6.45) is 3.14. The van der Waals surface area contributed by atoms with Crippen molar-refractivity contribution in [3.05, 3.63) is 46.7 Å². The van der Waals surface area contributed by atoms with Crippen molar-refractivity contribution in [2.45, 2.75) is 0 Å². The summed E-state index contributed by atoms with van der Waals surface area (Å²) in [5.74, 6) is -1.52. The standard InChI is InChI=1S/C13H7BrF2N4O/c14-7-1-6(4-18-5-7)12-19-13(21-20-12)8-2-11(17)10(16)3-9(8)15/h1-5H,17H2. The van der Waals surface area contributed by atoms with Gasteiger partial charge in [-0.15, -0.1) is 0 Å². The molecule has 0 radical (unpaired) electrons. The van der Waals surface area contributed by atoms with Crippen molar-refractivity contribution in [2.75, 3.05) is 5.73 Å². The maximum Gasteiger partial charge on any atom is 0.261 e. The molecule has 0 unspecified atom stereocenters. The molecule has 3 rings (SSSR count). The number of halogens is 3. The van der Waals surface area contributed by atoms with Gasteiger partial charge >= 0.3 is 0 Å². The molecule has 0 fully saturated rings. The van der Waals surface area contributed by atoms with Gasteiger partial charge in [0.2, 0.25) is 5.82 Å². The van der Waals surface area contributed by atoms with Gasteiger partial charge in [-0.3, -0.25) is 4.98 Å². The molecule has 21 heavy (non-hydrogen) atoms. The Morgan fingerprint density at radius 2 is 1.90 bits per heavy atom. The van der Waals surface area contributed by atoms with Crippen LogP contribution in [0.4, 0.5) is 14.5 Å². The number of pyridine rings is 1. The number of nitrogens with zero attached hydrogens (tertiary/aromatic N) is 3. The zero-order valence-corrected chi connectivity index (χ0v) is 11.9. The minimum Gasteiger partial charge on any atom is -0.396 e. The molecule has 0 atom stereocenters. The van der Waals surface area contributed by atoms with Gasteiger partial charge in [0.1, 0.15) is 11.6 Å². The minimum atomic E-state index is -0.841. The topological polar surface area (TPSA) is 77.8 Å². The Hall–Kier alpha value is -2.35. The van der Waals surface area contributed by atoms with Crippen molar-refractivity contribution in [1.82, 2.24) is 15.1 Å². The Morgan fingerprint density at radius 3 is 2.67 bits per heavy atom. The Bertz CT molecular complexity index is 822. The average molecular weight is 353 g/mol. The number of nitrogens with two attached hydrogens (primary N) is 1. The van der Waals surface area contributed by atoms with E-state index in [4.69, 9.17) is 10.3 Å². The van der Waals surface area contributed by atoms with E-state index in [1.807, 2.05) is 0 Å². The summed E-state index contributed by atoms with van der Waals surface area (Å²) >= 11 is 3.27. The lowest BCUT2D eigenvalue weighted by atomic mass is 10.2. The van der Waals surface area contributed by atoms with Crippen LogP contribution in [-0.2, 0) is 0 Å². The van der Waals surface area contributed by atoms with Crippen LogP contribution < -0.4 is 5.73 Å². The number of hydrogen-bond acceptors (Lipinski definition) is 5. The summed E-state index contributed by atoms with van der Waals surface area (Å²) in [6, 6.07) is 3.52. The maximum absolute atomic E-state index is 13.7. The second kappa shape index (κ2) is 5.21. The molecule has 0 saturated heterocycles. The highest BCUT2D eigenvalue weighted by Gasteiger charge is 2.17. The third-order valence-corrected chi connectivity index (χ3v) is 3.14. The molecule has 0 aliphatic carbocycles. The number of nitrogen functional groups attached to an aromatic ring is 1. The van der Waals surface area contributed by atoms with Crippen LogP contribution >= 0.6 is 15.9 Å². The van der Waals surface area contributed by atoms with Crippen LogP contribution in [0.15, 0.2) is 39.6 Å². The van der Waals surface area contributed by atoms with E-state index in [1.54, 1.807) is 12.3 Å². The highest BCUT2D eigenvalue weighted by atomic mass is 79.9. The fourth-order valence-corrected chi connectivity index (χ4v) is 2.08. The summed E-state index contributed by atoms with van der Waals surface area (Å²) < 4.78 is 32.6. The summed E-state index contributed by atoms with van der Waals surface area (Å²) in [5.41, 5.74) is 5.75. The Balaban J connectivity index is 2.05. The van der Waals surface area contributed by atoms with Gasteiger partial charge in [-0.25, -0.2) is 8.78 Å². The van der Waals surface area contributed by atoms with E-state index in [2.05, 4.69) is 31.1 Å². The largest absolute Gasteiger partial charge is 0.396 e. The first-order chi connectivity index (χ1) is 10.0. The monoisotopic (exact) mass is 352 g/mol. The highest BCUT2D eigenvalue weighted by Crippen LogP contribution is 2.28. The number of hydrogen-bond donors (Lipinski definition) is 1. The van der Waals surface area contributed by atoms with Crippen LogP contribution in [0.3, 0.4) is 0 Å². The lowest BCUT2D eigenvalue weighted by Crippen LogP contribution is -1.94. The number of anilines is 1. The molecule has 2 aromatic heterocycles. The molecule has 0 aliphatic rings. The van der Waals surface area contributed by atoms with E-state index in [1.165, 1.54) is 6.20 Å².